The van der Waals surface area contributed by atoms with Crippen LogP contribution in [0.25, 0.3) is 21.9 Å². The molecule has 1 N–H and O–H groups in total. The summed E-state index contributed by atoms with van der Waals surface area (Å²) < 4.78 is 3.83. The van der Waals surface area contributed by atoms with E-state index in [1.165, 1.54) is 18.7 Å². The lowest BCUT2D eigenvalue weighted by Gasteiger charge is -2.08. The highest BCUT2D eigenvalue weighted by Gasteiger charge is 2.20. The van der Waals surface area contributed by atoms with Crippen LogP contribution in [0.15, 0.2) is 73.7 Å². The number of hydrogen-bond acceptors (Lipinski definition) is 5. The number of fused-ring (bicyclic) bond motifs is 2. The second kappa shape index (κ2) is 8.31. The minimum atomic E-state index is -0.201. The molecule has 164 valence electrons. The van der Waals surface area contributed by atoms with Crippen LogP contribution in [0.3, 0.4) is 0 Å². The van der Waals surface area contributed by atoms with Crippen LogP contribution in [-0.4, -0.2) is 35.8 Å². The van der Waals surface area contributed by atoms with Crippen molar-refractivity contribution in [1.82, 2.24) is 24.1 Å². The van der Waals surface area contributed by atoms with Gasteiger partial charge in [-0.25, -0.2) is 9.97 Å². The Morgan fingerprint density at radius 1 is 1.06 bits per heavy atom. The molecule has 0 radical (unpaired) electrons. The number of carbonyl (C=O) groups excluding carboxylic acids is 2. The Kier molecular flexibility index (Phi) is 5.18. The molecule has 1 amide bonds. The van der Waals surface area contributed by atoms with Crippen LogP contribution in [0.2, 0.25) is 0 Å². The smallest absolute Gasteiger partial charge is 0.244 e. The van der Waals surface area contributed by atoms with Crippen molar-refractivity contribution < 1.29 is 9.59 Å². The lowest BCUT2D eigenvalue weighted by Crippen LogP contribution is -2.18. The number of carbonyl (C=O) groups is 2. The molecule has 0 saturated heterocycles. The highest BCUT2D eigenvalue weighted by molar-refractivity contribution is 6.16. The molecular weight excluding hydrogens is 416 g/mol. The maximum absolute atomic E-state index is 13.3. The fourth-order valence-electron chi connectivity index (χ4n) is 3.98. The number of hydrogen-bond donors (Lipinski definition) is 1. The molecule has 0 bridgehead atoms. The van der Waals surface area contributed by atoms with E-state index in [2.05, 4.69) is 20.3 Å². The van der Waals surface area contributed by atoms with Crippen LogP contribution in [-0.2, 0) is 11.3 Å². The van der Waals surface area contributed by atoms with E-state index in [-0.39, 0.29) is 24.3 Å². The number of benzene rings is 1. The number of nitrogens with zero attached hydrogens (tertiary/aromatic N) is 5. The minimum Gasteiger partial charge on any atom is -0.338 e. The molecular formula is C25H22N6O2. The Balaban J connectivity index is 1.39. The van der Waals surface area contributed by atoms with Gasteiger partial charge >= 0.3 is 0 Å². The maximum Gasteiger partial charge on any atom is 0.244 e. The lowest BCUT2D eigenvalue weighted by atomic mass is 10.1. The molecule has 0 spiro atoms. The van der Waals surface area contributed by atoms with Crippen LogP contribution < -0.4 is 5.32 Å². The number of ketones is 1. The molecule has 33 heavy (non-hydrogen) atoms. The van der Waals surface area contributed by atoms with Crippen LogP contribution in [0.4, 0.5) is 5.69 Å². The van der Waals surface area contributed by atoms with Crippen molar-refractivity contribution in [2.75, 3.05) is 5.32 Å². The number of para-hydroxylation sites is 1. The first-order valence-electron chi connectivity index (χ1n) is 10.7. The van der Waals surface area contributed by atoms with Crippen molar-refractivity contribution in [3.63, 3.8) is 0 Å². The molecule has 0 atom stereocenters. The number of pyridine rings is 1. The van der Waals surface area contributed by atoms with Gasteiger partial charge in [-0.1, -0.05) is 18.2 Å². The Morgan fingerprint density at radius 3 is 2.76 bits per heavy atom. The van der Waals surface area contributed by atoms with Gasteiger partial charge in [0, 0.05) is 47.3 Å². The normalized spacial score (nSPS) is 11.4. The van der Waals surface area contributed by atoms with E-state index in [0.717, 1.165) is 10.9 Å². The number of amides is 1. The highest BCUT2D eigenvalue weighted by atomic mass is 16.2. The number of anilines is 1. The Morgan fingerprint density at radius 2 is 1.91 bits per heavy atom. The average molecular weight is 438 g/mol. The van der Waals surface area contributed by atoms with Gasteiger partial charge in [-0.05, 0) is 37.4 Å². The summed E-state index contributed by atoms with van der Waals surface area (Å²) in [5.74, 6) is -0.401. The zero-order chi connectivity index (χ0) is 22.9. The minimum absolute atomic E-state index is 0.137. The Bertz CT molecular complexity index is 1500. The average Bonchev–Trinajstić information content (AvgIpc) is 3.41. The molecule has 0 unspecified atom stereocenters. The van der Waals surface area contributed by atoms with Crippen LogP contribution in [0.5, 0.6) is 0 Å². The molecule has 0 aliphatic carbocycles. The predicted molar refractivity (Wildman–Crippen MR) is 126 cm³/mol. The van der Waals surface area contributed by atoms with Gasteiger partial charge in [0.25, 0.3) is 0 Å². The fourth-order valence-corrected chi connectivity index (χ4v) is 3.98. The summed E-state index contributed by atoms with van der Waals surface area (Å²) in [5.41, 5.74) is 3.04. The summed E-state index contributed by atoms with van der Waals surface area (Å²) in [5, 5.41) is 4.61. The second-order valence-electron chi connectivity index (χ2n) is 8.15. The number of aromatic nitrogens is 5. The van der Waals surface area contributed by atoms with Crippen molar-refractivity contribution in [2.45, 2.75) is 26.4 Å². The first-order valence-corrected chi connectivity index (χ1v) is 10.7. The maximum atomic E-state index is 13.3. The predicted octanol–water partition coefficient (Wildman–Crippen LogP) is 4.23. The van der Waals surface area contributed by atoms with E-state index < -0.39 is 0 Å². The van der Waals surface area contributed by atoms with E-state index in [0.29, 0.717) is 27.8 Å². The van der Waals surface area contributed by atoms with Crippen molar-refractivity contribution >= 4 is 39.3 Å². The molecule has 8 heteroatoms. The Labute approximate surface area is 189 Å². The van der Waals surface area contributed by atoms with Crippen molar-refractivity contribution in [3.8, 4) is 0 Å². The zero-order valence-corrected chi connectivity index (χ0v) is 18.3. The van der Waals surface area contributed by atoms with Gasteiger partial charge in [-0.3, -0.25) is 14.6 Å². The van der Waals surface area contributed by atoms with Gasteiger partial charge in [0.2, 0.25) is 5.91 Å². The van der Waals surface area contributed by atoms with Gasteiger partial charge in [0.15, 0.2) is 5.78 Å². The van der Waals surface area contributed by atoms with Gasteiger partial charge in [-0.2, -0.15) is 0 Å². The van der Waals surface area contributed by atoms with E-state index in [1.54, 1.807) is 18.5 Å². The Hall–Kier alpha value is -4.33. The summed E-state index contributed by atoms with van der Waals surface area (Å²) in [6.07, 6.45) is 9.84. The van der Waals surface area contributed by atoms with Gasteiger partial charge in [0.1, 0.15) is 18.5 Å². The third-order valence-corrected chi connectivity index (χ3v) is 5.57. The first-order chi connectivity index (χ1) is 16.0. The topological polar surface area (TPSA) is 94.7 Å². The highest BCUT2D eigenvalue weighted by Crippen LogP contribution is 2.25. The standard InChI is InChI=1S/C25H22N6O2/c1-16(2)31-13-21(20-12-27-15-28-25(20)31)24(33)18-9-19(11-26-10-18)29-23(32)14-30-8-7-17-5-3-4-6-22(17)30/h3-13,15-16H,14H2,1-2H3,(H,29,32). The van der Waals surface area contributed by atoms with E-state index in [1.807, 2.05) is 59.5 Å². The summed E-state index contributed by atoms with van der Waals surface area (Å²) in [4.78, 5) is 38.6. The van der Waals surface area contributed by atoms with Crippen molar-refractivity contribution in [1.29, 1.82) is 0 Å². The monoisotopic (exact) mass is 438 g/mol. The number of nitrogens with one attached hydrogen (secondary N) is 1. The molecule has 5 rings (SSSR count). The summed E-state index contributed by atoms with van der Waals surface area (Å²) in [6, 6.07) is 11.6. The molecule has 0 saturated carbocycles. The second-order valence-corrected chi connectivity index (χ2v) is 8.15. The SMILES string of the molecule is CC(C)n1cc(C(=O)c2cncc(NC(=O)Cn3ccc4ccccc43)c2)c2cncnc21. The molecule has 0 aliphatic heterocycles. The lowest BCUT2D eigenvalue weighted by molar-refractivity contribution is -0.116. The van der Waals surface area contributed by atoms with E-state index in [9.17, 15) is 9.59 Å². The third kappa shape index (κ3) is 3.87. The quantitative estimate of drug-likeness (QED) is 0.400. The third-order valence-electron chi connectivity index (χ3n) is 5.57. The molecule has 1 aromatic carbocycles. The largest absolute Gasteiger partial charge is 0.338 e. The molecule has 0 aliphatic rings. The van der Waals surface area contributed by atoms with Crippen LogP contribution in [0, 0.1) is 0 Å². The van der Waals surface area contributed by atoms with Gasteiger partial charge in [0.05, 0.1) is 17.4 Å². The molecule has 4 heterocycles. The van der Waals surface area contributed by atoms with E-state index >= 15 is 0 Å². The van der Waals surface area contributed by atoms with Gasteiger partial charge < -0.3 is 14.5 Å². The first kappa shape index (κ1) is 20.6. The number of rotatable bonds is 6. The summed E-state index contributed by atoms with van der Waals surface area (Å²) in [6.45, 7) is 4.22. The van der Waals surface area contributed by atoms with Gasteiger partial charge in [-0.15, -0.1) is 0 Å². The summed E-state index contributed by atoms with van der Waals surface area (Å²) in [7, 11) is 0. The van der Waals surface area contributed by atoms with E-state index in [4.69, 9.17) is 0 Å². The van der Waals surface area contributed by atoms with Crippen LogP contribution >= 0.6 is 0 Å². The zero-order valence-electron chi connectivity index (χ0n) is 18.3. The summed E-state index contributed by atoms with van der Waals surface area (Å²) >= 11 is 0. The van der Waals surface area contributed by atoms with Crippen molar-refractivity contribution in [2.24, 2.45) is 0 Å². The molecule has 8 nitrogen and oxygen atoms in total. The fraction of sp³-hybridized carbons (Fsp3) is 0.160. The molecule has 5 aromatic rings. The molecule has 4 aromatic heterocycles. The van der Waals surface area contributed by atoms with Crippen molar-refractivity contribution in [3.05, 3.63) is 84.8 Å². The van der Waals surface area contributed by atoms with Crippen LogP contribution in [0.1, 0.15) is 35.8 Å². The molecule has 0 fully saturated rings.